The monoisotopic (exact) mass is 397 g/mol. The van der Waals surface area contributed by atoms with Gasteiger partial charge in [0.1, 0.15) is 0 Å². The largest absolute Gasteiger partial charge is 0.501 e. The van der Waals surface area contributed by atoms with Crippen LogP contribution in [0.2, 0.25) is 0 Å². The van der Waals surface area contributed by atoms with Crippen molar-refractivity contribution in [3.05, 3.63) is 40.3 Å². The van der Waals surface area contributed by atoms with Crippen molar-refractivity contribution in [2.24, 2.45) is 0 Å². The Morgan fingerprint density at radius 2 is 1.79 bits per heavy atom. The Labute approximate surface area is 144 Å². The van der Waals surface area contributed by atoms with E-state index in [1.807, 2.05) is 13.8 Å². The van der Waals surface area contributed by atoms with Crippen LogP contribution in [-0.2, 0) is 26.4 Å². The van der Waals surface area contributed by atoms with Crippen molar-refractivity contribution in [3.63, 3.8) is 0 Å². The standard InChI is InChI=1S/C14H14F3NO3S3/c1-9(2)13-18-10(7-22-13)8-23(19)11-3-5-12(6-4-11)24(20,21)14(15,16)17/h3-7,9H,8H2,1-2H3/t23-/m1/s1. The van der Waals surface area contributed by atoms with Gasteiger partial charge in [0.2, 0.25) is 0 Å². The zero-order valence-electron chi connectivity index (χ0n) is 12.7. The summed E-state index contributed by atoms with van der Waals surface area (Å²) in [6.07, 6.45) is 0. The van der Waals surface area contributed by atoms with Crippen LogP contribution >= 0.6 is 11.3 Å². The molecule has 132 valence electrons. The highest BCUT2D eigenvalue weighted by Crippen LogP contribution is 2.30. The summed E-state index contributed by atoms with van der Waals surface area (Å²) in [5.41, 5.74) is -4.73. The molecule has 0 bridgehead atoms. The number of hydrogen-bond acceptors (Lipinski definition) is 5. The van der Waals surface area contributed by atoms with Gasteiger partial charge in [-0.3, -0.25) is 4.21 Å². The number of benzene rings is 1. The summed E-state index contributed by atoms with van der Waals surface area (Å²) < 4.78 is 72.3. The second-order valence-electron chi connectivity index (χ2n) is 5.24. The fraction of sp³-hybridized carbons (Fsp3) is 0.357. The molecular formula is C14H14F3NO3S3. The van der Waals surface area contributed by atoms with Crippen molar-refractivity contribution in [2.75, 3.05) is 0 Å². The Kier molecular flexibility index (Phi) is 5.50. The number of thiazole rings is 1. The fourth-order valence-electron chi connectivity index (χ4n) is 1.78. The van der Waals surface area contributed by atoms with E-state index in [1.54, 1.807) is 5.38 Å². The third-order valence-corrected chi connectivity index (χ3v) is 7.10. The molecule has 1 aromatic carbocycles. The molecule has 0 fully saturated rings. The Morgan fingerprint density at radius 3 is 2.25 bits per heavy atom. The third-order valence-electron chi connectivity index (χ3n) is 3.04. The van der Waals surface area contributed by atoms with Crippen LogP contribution in [0.25, 0.3) is 0 Å². The molecule has 0 saturated heterocycles. The summed E-state index contributed by atoms with van der Waals surface area (Å²) >= 11 is 1.45. The van der Waals surface area contributed by atoms with Gasteiger partial charge in [-0.1, -0.05) is 13.8 Å². The van der Waals surface area contributed by atoms with E-state index in [4.69, 9.17) is 0 Å². The van der Waals surface area contributed by atoms with Gasteiger partial charge in [0.25, 0.3) is 9.84 Å². The van der Waals surface area contributed by atoms with Gasteiger partial charge in [0.05, 0.1) is 32.1 Å². The first-order valence-electron chi connectivity index (χ1n) is 6.76. The van der Waals surface area contributed by atoms with E-state index in [0.717, 1.165) is 29.3 Å². The average Bonchev–Trinajstić information content (AvgIpc) is 2.95. The maximum atomic E-state index is 12.5. The first-order chi connectivity index (χ1) is 11.0. The predicted molar refractivity (Wildman–Crippen MR) is 86.0 cm³/mol. The van der Waals surface area contributed by atoms with Gasteiger partial charge in [-0.15, -0.1) is 11.3 Å². The topological polar surface area (TPSA) is 64.1 Å². The van der Waals surface area contributed by atoms with E-state index >= 15 is 0 Å². The van der Waals surface area contributed by atoms with Gasteiger partial charge >= 0.3 is 5.51 Å². The number of alkyl halides is 3. The smallest absolute Gasteiger partial charge is 0.254 e. The van der Waals surface area contributed by atoms with Gasteiger partial charge in [0, 0.05) is 16.2 Å². The van der Waals surface area contributed by atoms with Gasteiger partial charge in [-0.2, -0.15) is 13.2 Å². The van der Waals surface area contributed by atoms with E-state index in [-0.39, 0.29) is 16.6 Å². The van der Waals surface area contributed by atoms with E-state index in [1.165, 1.54) is 11.3 Å². The normalized spacial score (nSPS) is 14.1. The zero-order valence-corrected chi connectivity index (χ0v) is 15.2. The van der Waals surface area contributed by atoms with Crippen LogP contribution in [-0.4, -0.2) is 23.1 Å². The SMILES string of the molecule is CC(C)c1nc(C[S@@](=O)c2ccc(S(=O)(=O)C(F)(F)F)cc2)cs1. The Hall–Kier alpha value is -1.26. The van der Waals surface area contributed by atoms with Gasteiger partial charge < -0.3 is 0 Å². The van der Waals surface area contributed by atoms with Crippen LogP contribution in [0.15, 0.2) is 39.4 Å². The molecule has 0 saturated carbocycles. The van der Waals surface area contributed by atoms with Gasteiger partial charge in [0.15, 0.2) is 0 Å². The number of halogens is 3. The molecule has 0 amide bonds. The highest BCUT2D eigenvalue weighted by atomic mass is 32.2. The lowest BCUT2D eigenvalue weighted by Gasteiger charge is -2.08. The first kappa shape index (κ1) is 19.1. The van der Waals surface area contributed by atoms with E-state index in [9.17, 15) is 25.8 Å². The molecule has 1 heterocycles. The lowest BCUT2D eigenvalue weighted by molar-refractivity contribution is -0.0436. The highest BCUT2D eigenvalue weighted by Gasteiger charge is 2.46. The summed E-state index contributed by atoms with van der Waals surface area (Å²) in [7, 11) is -6.92. The number of nitrogens with zero attached hydrogens (tertiary/aromatic N) is 1. The summed E-state index contributed by atoms with van der Waals surface area (Å²) in [6, 6.07) is 3.89. The molecule has 10 heteroatoms. The van der Waals surface area contributed by atoms with Gasteiger partial charge in [-0.05, 0) is 24.3 Å². The maximum Gasteiger partial charge on any atom is 0.501 e. The van der Waals surface area contributed by atoms with Gasteiger partial charge in [-0.25, -0.2) is 13.4 Å². The van der Waals surface area contributed by atoms with Crippen LogP contribution < -0.4 is 0 Å². The van der Waals surface area contributed by atoms with Crippen molar-refractivity contribution in [1.82, 2.24) is 4.98 Å². The number of sulfone groups is 1. The second-order valence-corrected chi connectivity index (χ2v) is 9.52. The van der Waals surface area contributed by atoms with E-state index in [2.05, 4.69) is 4.98 Å². The number of hydrogen-bond donors (Lipinski definition) is 0. The van der Waals surface area contributed by atoms with Crippen LogP contribution in [0.5, 0.6) is 0 Å². The molecule has 1 atom stereocenters. The minimum atomic E-state index is -5.39. The predicted octanol–water partition coefficient (Wildman–Crippen LogP) is 3.87. The zero-order chi connectivity index (χ0) is 18.1. The summed E-state index contributed by atoms with van der Waals surface area (Å²) in [5.74, 6) is 0.373. The third kappa shape index (κ3) is 4.04. The lowest BCUT2D eigenvalue weighted by Crippen LogP contribution is -2.23. The fourth-order valence-corrected chi connectivity index (χ4v) is 4.50. The minimum Gasteiger partial charge on any atom is -0.254 e. The highest BCUT2D eigenvalue weighted by molar-refractivity contribution is 7.92. The molecule has 0 aliphatic carbocycles. The number of aromatic nitrogens is 1. The van der Waals surface area contributed by atoms with E-state index in [0.29, 0.717) is 5.69 Å². The average molecular weight is 397 g/mol. The van der Waals surface area contributed by atoms with Crippen LogP contribution in [0.3, 0.4) is 0 Å². The Bertz CT molecular complexity index is 840. The minimum absolute atomic E-state index is 0.120. The van der Waals surface area contributed by atoms with Crippen molar-refractivity contribution >= 4 is 32.0 Å². The molecule has 4 nitrogen and oxygen atoms in total. The Balaban J connectivity index is 2.17. The van der Waals surface area contributed by atoms with Crippen molar-refractivity contribution < 1.29 is 25.8 Å². The summed E-state index contributed by atoms with van der Waals surface area (Å²) in [5, 5.41) is 2.70. The maximum absolute atomic E-state index is 12.5. The lowest BCUT2D eigenvalue weighted by atomic mass is 10.2. The van der Waals surface area contributed by atoms with Crippen molar-refractivity contribution in [1.29, 1.82) is 0 Å². The molecule has 24 heavy (non-hydrogen) atoms. The second kappa shape index (κ2) is 6.93. The number of rotatable bonds is 5. The molecule has 0 aliphatic heterocycles. The summed E-state index contributed by atoms with van der Waals surface area (Å²) in [6.45, 7) is 3.97. The molecule has 2 aromatic rings. The molecule has 0 N–H and O–H groups in total. The molecule has 0 unspecified atom stereocenters. The van der Waals surface area contributed by atoms with E-state index < -0.39 is 31.0 Å². The van der Waals surface area contributed by atoms with Crippen molar-refractivity contribution in [2.45, 2.75) is 40.8 Å². The summed E-state index contributed by atoms with van der Waals surface area (Å²) in [4.78, 5) is 3.72. The molecule has 0 aliphatic rings. The molecule has 2 rings (SSSR count). The molecule has 0 radical (unpaired) electrons. The molecular weight excluding hydrogens is 383 g/mol. The van der Waals surface area contributed by atoms with Crippen molar-refractivity contribution in [3.8, 4) is 0 Å². The molecule has 1 aromatic heterocycles. The molecule has 0 spiro atoms. The Morgan fingerprint density at radius 1 is 1.21 bits per heavy atom. The van der Waals surface area contributed by atoms with Crippen LogP contribution in [0.1, 0.15) is 30.5 Å². The van der Waals surface area contributed by atoms with Crippen LogP contribution in [0, 0.1) is 0 Å². The quantitative estimate of drug-likeness (QED) is 0.768. The van der Waals surface area contributed by atoms with Crippen LogP contribution in [0.4, 0.5) is 13.2 Å². The first-order valence-corrected chi connectivity index (χ1v) is 10.4.